The fourth-order valence-electron chi connectivity index (χ4n) is 5.91. The molecule has 0 saturated carbocycles. The molecule has 4 N–H and O–H groups in total. The van der Waals surface area contributed by atoms with Crippen LogP contribution < -0.4 is 15.8 Å². The minimum Gasteiger partial charge on any atom is -0.382 e. The molecule has 0 bridgehead atoms. The van der Waals surface area contributed by atoms with E-state index in [0.717, 1.165) is 58.2 Å². The number of aryl methyl sites for hydroxylation is 1. The van der Waals surface area contributed by atoms with Crippen LogP contribution in [-0.2, 0) is 10.0 Å². The lowest BCUT2D eigenvalue weighted by Crippen LogP contribution is -2.26. The zero-order chi connectivity index (χ0) is 30.5. The standard InChI is InChI=1S/C33H35ClN6O2S/c1-19(2)33-38-30(31-32(35)37-18-28(40(31)33)21-10-12-22(36-4)13-11-21)25-14-16-27(24-8-6-5-7-23(24)25)39-43(41,42)29-17-20(3)9-15-26(29)34/h5-10,14-19,22,36,39H,11-13H2,1-4H3,(H2,35,37). The molecule has 5 aromatic rings. The first kappa shape index (κ1) is 29.2. The van der Waals surface area contributed by atoms with E-state index in [4.69, 9.17) is 22.3 Å². The molecular formula is C33H35ClN6O2S. The monoisotopic (exact) mass is 614 g/mol. The van der Waals surface area contributed by atoms with Crippen LogP contribution >= 0.6 is 11.6 Å². The highest BCUT2D eigenvalue weighted by atomic mass is 35.5. The molecule has 2 aromatic heterocycles. The Labute approximate surface area is 257 Å². The molecule has 8 nitrogen and oxygen atoms in total. The van der Waals surface area contributed by atoms with Gasteiger partial charge in [-0.05, 0) is 74.0 Å². The van der Waals surface area contributed by atoms with E-state index < -0.39 is 10.0 Å². The van der Waals surface area contributed by atoms with Gasteiger partial charge in [0.25, 0.3) is 10.0 Å². The number of nitrogens with two attached hydrogens (primary N) is 1. The highest BCUT2D eigenvalue weighted by Gasteiger charge is 2.26. The maximum atomic E-state index is 13.5. The minimum atomic E-state index is -3.95. The van der Waals surface area contributed by atoms with Crippen molar-refractivity contribution < 1.29 is 8.42 Å². The van der Waals surface area contributed by atoms with Gasteiger partial charge in [-0.1, -0.05) is 61.9 Å². The third-order valence-corrected chi connectivity index (χ3v) is 10.0. The summed E-state index contributed by atoms with van der Waals surface area (Å²) in [7, 11) is -1.95. The van der Waals surface area contributed by atoms with Crippen molar-refractivity contribution in [3.63, 3.8) is 0 Å². The van der Waals surface area contributed by atoms with Gasteiger partial charge in [0.1, 0.15) is 27.7 Å². The second-order valence-corrected chi connectivity index (χ2v) is 13.5. The number of nitrogen functional groups attached to an aromatic ring is 1. The third-order valence-electron chi connectivity index (χ3n) is 8.18. The summed E-state index contributed by atoms with van der Waals surface area (Å²) in [5.41, 5.74) is 12.4. The number of sulfonamides is 1. The van der Waals surface area contributed by atoms with Crippen molar-refractivity contribution in [1.29, 1.82) is 0 Å². The van der Waals surface area contributed by atoms with Gasteiger partial charge in [0.2, 0.25) is 0 Å². The Morgan fingerprint density at radius 3 is 2.56 bits per heavy atom. The third kappa shape index (κ3) is 5.26. The molecule has 0 saturated heterocycles. The molecule has 0 spiro atoms. The normalized spacial score (nSPS) is 15.8. The number of hydrogen-bond acceptors (Lipinski definition) is 6. The Morgan fingerprint density at radius 1 is 1.09 bits per heavy atom. The quantitative estimate of drug-likeness (QED) is 0.179. The lowest BCUT2D eigenvalue weighted by atomic mass is 9.93. The van der Waals surface area contributed by atoms with Crippen LogP contribution in [0.4, 0.5) is 11.5 Å². The number of aromatic nitrogens is 3. The summed E-state index contributed by atoms with van der Waals surface area (Å²) in [5.74, 6) is 1.41. The number of imidazole rings is 1. The summed E-state index contributed by atoms with van der Waals surface area (Å²) in [4.78, 5) is 9.84. The van der Waals surface area contributed by atoms with Crippen LogP contribution in [0, 0.1) is 6.92 Å². The highest BCUT2D eigenvalue weighted by molar-refractivity contribution is 7.92. The van der Waals surface area contributed by atoms with Crippen molar-refractivity contribution in [2.45, 2.75) is 56.9 Å². The molecule has 1 aliphatic carbocycles. The Balaban J connectivity index is 1.53. The first-order valence-electron chi connectivity index (χ1n) is 14.4. The molecule has 222 valence electrons. The maximum Gasteiger partial charge on any atom is 0.263 e. The summed E-state index contributed by atoms with van der Waals surface area (Å²) in [5, 5.41) is 5.12. The Bertz CT molecular complexity index is 2020. The summed E-state index contributed by atoms with van der Waals surface area (Å²) in [6.45, 7) is 6.07. The molecule has 0 radical (unpaired) electrons. The average molecular weight is 615 g/mol. The van der Waals surface area contributed by atoms with Gasteiger partial charge in [0.05, 0.1) is 22.6 Å². The summed E-state index contributed by atoms with van der Waals surface area (Å²) >= 11 is 6.30. The predicted molar refractivity (Wildman–Crippen MR) is 176 cm³/mol. The Kier molecular flexibility index (Phi) is 7.66. The topological polar surface area (TPSA) is 114 Å². The molecule has 10 heteroatoms. The summed E-state index contributed by atoms with van der Waals surface area (Å²) in [6, 6.07) is 16.8. The molecule has 1 atom stereocenters. The van der Waals surface area contributed by atoms with Gasteiger partial charge >= 0.3 is 0 Å². The van der Waals surface area contributed by atoms with Crippen LogP contribution in [0.5, 0.6) is 0 Å². The fraction of sp³-hybridized carbons (Fsp3) is 0.273. The van der Waals surface area contributed by atoms with Gasteiger partial charge in [-0.15, -0.1) is 0 Å². The minimum absolute atomic E-state index is 0.0356. The summed E-state index contributed by atoms with van der Waals surface area (Å²) < 4.78 is 31.8. The number of benzene rings is 3. The fourth-order valence-corrected chi connectivity index (χ4v) is 7.57. The number of allylic oxidation sites excluding steroid dienone is 1. The summed E-state index contributed by atoms with van der Waals surface area (Å²) in [6.07, 6.45) is 7.07. The number of nitrogens with one attached hydrogen (secondary N) is 2. The van der Waals surface area contributed by atoms with Crippen molar-refractivity contribution in [1.82, 2.24) is 19.7 Å². The zero-order valence-electron chi connectivity index (χ0n) is 24.6. The molecule has 0 fully saturated rings. The second kappa shape index (κ2) is 11.3. The van der Waals surface area contributed by atoms with E-state index in [1.165, 1.54) is 5.57 Å². The smallest absolute Gasteiger partial charge is 0.263 e. The lowest BCUT2D eigenvalue weighted by molar-refractivity contribution is 0.522. The average Bonchev–Trinajstić information content (AvgIpc) is 3.40. The van der Waals surface area contributed by atoms with E-state index in [2.05, 4.69) is 39.3 Å². The predicted octanol–water partition coefficient (Wildman–Crippen LogP) is 7.17. The number of hydrogen-bond donors (Lipinski definition) is 3. The first-order chi connectivity index (χ1) is 20.6. The molecule has 0 amide bonds. The molecule has 6 rings (SSSR count). The van der Waals surface area contributed by atoms with Crippen LogP contribution in [-0.4, -0.2) is 35.9 Å². The van der Waals surface area contributed by atoms with Crippen molar-refractivity contribution in [2.24, 2.45) is 0 Å². The first-order valence-corrected chi connectivity index (χ1v) is 16.3. The van der Waals surface area contributed by atoms with E-state index >= 15 is 0 Å². The van der Waals surface area contributed by atoms with Crippen molar-refractivity contribution in [2.75, 3.05) is 17.5 Å². The number of halogens is 1. The largest absolute Gasteiger partial charge is 0.382 e. The molecule has 43 heavy (non-hydrogen) atoms. The number of rotatable bonds is 7. The molecule has 3 aromatic carbocycles. The van der Waals surface area contributed by atoms with Crippen molar-refractivity contribution in [3.05, 3.63) is 89.0 Å². The molecular weight excluding hydrogens is 580 g/mol. The van der Waals surface area contributed by atoms with Crippen LogP contribution in [0.25, 0.3) is 33.1 Å². The van der Waals surface area contributed by atoms with Gasteiger partial charge in [0, 0.05) is 22.9 Å². The molecule has 1 aliphatic rings. The molecule has 2 heterocycles. The Morgan fingerprint density at radius 2 is 1.86 bits per heavy atom. The highest BCUT2D eigenvalue weighted by Crippen LogP contribution is 2.40. The number of nitrogens with zero attached hydrogens (tertiary/aromatic N) is 3. The van der Waals surface area contributed by atoms with Gasteiger partial charge < -0.3 is 11.1 Å². The zero-order valence-corrected chi connectivity index (χ0v) is 26.2. The van der Waals surface area contributed by atoms with E-state index in [9.17, 15) is 8.42 Å². The van der Waals surface area contributed by atoms with Gasteiger partial charge in [0.15, 0.2) is 0 Å². The number of fused-ring (bicyclic) bond motifs is 2. The van der Waals surface area contributed by atoms with Gasteiger partial charge in [-0.3, -0.25) is 9.12 Å². The Hall–Kier alpha value is -3.92. The van der Waals surface area contributed by atoms with E-state index in [1.54, 1.807) is 24.3 Å². The number of anilines is 2. The van der Waals surface area contributed by atoms with Crippen LogP contribution in [0.3, 0.4) is 0 Å². The van der Waals surface area contributed by atoms with Crippen LogP contribution in [0.2, 0.25) is 5.02 Å². The molecule has 0 aliphatic heterocycles. The van der Waals surface area contributed by atoms with E-state index in [0.29, 0.717) is 23.2 Å². The van der Waals surface area contributed by atoms with E-state index in [-0.39, 0.29) is 15.8 Å². The maximum absolute atomic E-state index is 13.5. The second-order valence-electron chi connectivity index (χ2n) is 11.4. The van der Waals surface area contributed by atoms with Crippen molar-refractivity contribution >= 4 is 55.0 Å². The van der Waals surface area contributed by atoms with Crippen LogP contribution in [0.15, 0.2) is 71.8 Å². The van der Waals surface area contributed by atoms with E-state index in [1.807, 2.05) is 50.5 Å². The lowest BCUT2D eigenvalue weighted by Gasteiger charge is -2.22. The van der Waals surface area contributed by atoms with Crippen LogP contribution in [0.1, 0.15) is 56.1 Å². The van der Waals surface area contributed by atoms with Gasteiger partial charge in [-0.25, -0.2) is 18.4 Å². The SMILES string of the molecule is CNC1CC=C(c2cnc(N)c3c(-c4ccc(NS(=O)(=O)c5cc(C)ccc5Cl)c5ccccc45)nc(C(C)C)n23)CC1. The van der Waals surface area contributed by atoms with Gasteiger partial charge in [-0.2, -0.15) is 0 Å². The van der Waals surface area contributed by atoms with Crippen molar-refractivity contribution in [3.8, 4) is 11.3 Å². The molecule has 1 unspecified atom stereocenters.